The van der Waals surface area contributed by atoms with E-state index in [1.165, 1.54) is 11.9 Å². The lowest BCUT2D eigenvalue weighted by Gasteiger charge is -2.19. The molecule has 118 valence electrons. The average molecular weight is 310 g/mol. The molecule has 5 heteroatoms. The van der Waals surface area contributed by atoms with Crippen LogP contribution in [0.1, 0.15) is 29.8 Å². The van der Waals surface area contributed by atoms with Crippen molar-refractivity contribution in [2.24, 2.45) is 5.10 Å². The van der Waals surface area contributed by atoms with Gasteiger partial charge < -0.3 is 9.47 Å². The lowest BCUT2D eigenvalue weighted by Crippen LogP contribution is -2.25. The van der Waals surface area contributed by atoms with Gasteiger partial charge in [-0.05, 0) is 43.3 Å². The van der Waals surface area contributed by atoms with Crippen LogP contribution in [-0.4, -0.2) is 23.9 Å². The zero-order valence-corrected chi connectivity index (χ0v) is 13.3. The maximum atomic E-state index is 11.9. The van der Waals surface area contributed by atoms with Crippen LogP contribution in [0.15, 0.2) is 53.6 Å². The number of ether oxygens (including phenoxy) is 2. The fourth-order valence-electron chi connectivity index (χ4n) is 2.36. The van der Waals surface area contributed by atoms with Crippen LogP contribution in [0, 0.1) is 6.92 Å². The van der Waals surface area contributed by atoms with E-state index in [4.69, 9.17) is 9.47 Å². The van der Waals surface area contributed by atoms with Crippen molar-refractivity contribution in [3.8, 4) is 5.75 Å². The van der Waals surface area contributed by atoms with E-state index < -0.39 is 6.23 Å². The highest BCUT2D eigenvalue weighted by Gasteiger charge is 2.32. The minimum Gasteiger partial charge on any atom is -0.497 e. The normalized spacial score (nSPS) is 16.7. The van der Waals surface area contributed by atoms with Gasteiger partial charge in [0.2, 0.25) is 18.0 Å². The Morgan fingerprint density at radius 2 is 1.78 bits per heavy atom. The first-order chi connectivity index (χ1) is 11.1. The van der Waals surface area contributed by atoms with E-state index in [0.717, 1.165) is 22.4 Å². The summed E-state index contributed by atoms with van der Waals surface area (Å²) in [5.41, 5.74) is 2.84. The van der Waals surface area contributed by atoms with E-state index >= 15 is 0 Å². The van der Waals surface area contributed by atoms with Crippen molar-refractivity contribution >= 4 is 11.8 Å². The predicted octanol–water partition coefficient (Wildman–Crippen LogP) is 3.24. The van der Waals surface area contributed by atoms with Crippen molar-refractivity contribution in [2.45, 2.75) is 20.1 Å². The molecule has 0 N–H and O–H groups in total. The zero-order chi connectivity index (χ0) is 16.4. The van der Waals surface area contributed by atoms with Gasteiger partial charge in [-0.3, -0.25) is 4.79 Å². The number of nitrogens with zero attached hydrogens (tertiary/aromatic N) is 2. The van der Waals surface area contributed by atoms with Crippen molar-refractivity contribution in [1.82, 2.24) is 5.01 Å². The molecule has 0 aliphatic carbocycles. The molecule has 0 spiro atoms. The molecule has 3 rings (SSSR count). The molecule has 0 saturated heterocycles. The molecule has 1 atom stereocenters. The SMILES string of the molecule is COc1ccc([C@H]2OC(c3ccc(C)cc3)=NN2C(C)=O)cc1. The highest BCUT2D eigenvalue weighted by molar-refractivity contribution is 5.96. The zero-order valence-electron chi connectivity index (χ0n) is 13.3. The number of aryl methyl sites for hydroxylation is 1. The predicted molar refractivity (Wildman–Crippen MR) is 87.1 cm³/mol. The number of hydrogen-bond donors (Lipinski definition) is 0. The topological polar surface area (TPSA) is 51.1 Å². The van der Waals surface area contributed by atoms with Gasteiger partial charge in [0.05, 0.1) is 7.11 Å². The standard InChI is InChI=1S/C18H18N2O3/c1-12-4-6-14(7-5-12)17-19-20(13(2)21)18(23-17)15-8-10-16(22-3)11-9-15/h4-11,18H,1-3H3/t18-/m1/s1. The van der Waals surface area contributed by atoms with E-state index in [2.05, 4.69) is 5.10 Å². The lowest BCUT2D eigenvalue weighted by atomic mass is 10.1. The van der Waals surface area contributed by atoms with E-state index in [1.54, 1.807) is 7.11 Å². The molecule has 2 aromatic rings. The van der Waals surface area contributed by atoms with Crippen LogP contribution in [0.4, 0.5) is 0 Å². The summed E-state index contributed by atoms with van der Waals surface area (Å²) in [4.78, 5) is 11.9. The van der Waals surface area contributed by atoms with Crippen molar-refractivity contribution in [1.29, 1.82) is 0 Å². The molecule has 0 fully saturated rings. The van der Waals surface area contributed by atoms with E-state index in [-0.39, 0.29) is 5.91 Å². The first kappa shape index (κ1) is 15.1. The number of benzene rings is 2. The van der Waals surface area contributed by atoms with Crippen LogP contribution < -0.4 is 4.74 Å². The Hall–Kier alpha value is -2.82. The van der Waals surface area contributed by atoms with Crippen molar-refractivity contribution in [2.75, 3.05) is 7.11 Å². The number of carbonyl (C=O) groups excluding carboxylic acids is 1. The first-order valence-electron chi connectivity index (χ1n) is 7.34. The van der Waals surface area contributed by atoms with Crippen molar-refractivity contribution < 1.29 is 14.3 Å². The Kier molecular flexibility index (Phi) is 4.02. The summed E-state index contributed by atoms with van der Waals surface area (Å²) in [5.74, 6) is 1.02. The summed E-state index contributed by atoms with van der Waals surface area (Å²) in [5, 5.41) is 5.69. The molecular formula is C18H18N2O3. The number of methoxy groups -OCH3 is 1. The van der Waals surface area contributed by atoms with Crippen LogP contribution in [0.5, 0.6) is 5.75 Å². The van der Waals surface area contributed by atoms with Crippen LogP contribution >= 0.6 is 0 Å². The smallest absolute Gasteiger partial charge is 0.243 e. The second kappa shape index (κ2) is 6.12. The summed E-state index contributed by atoms with van der Waals surface area (Å²) in [6.07, 6.45) is -0.560. The summed E-state index contributed by atoms with van der Waals surface area (Å²) >= 11 is 0. The van der Waals surface area contributed by atoms with E-state index in [0.29, 0.717) is 5.90 Å². The Morgan fingerprint density at radius 1 is 1.13 bits per heavy atom. The van der Waals surface area contributed by atoms with Gasteiger partial charge >= 0.3 is 0 Å². The van der Waals surface area contributed by atoms with Crippen molar-refractivity contribution in [3.63, 3.8) is 0 Å². The van der Waals surface area contributed by atoms with Gasteiger partial charge in [-0.1, -0.05) is 17.7 Å². The maximum absolute atomic E-state index is 11.9. The average Bonchev–Trinajstić information content (AvgIpc) is 3.01. The Bertz CT molecular complexity index is 736. The van der Waals surface area contributed by atoms with Crippen molar-refractivity contribution in [3.05, 3.63) is 65.2 Å². The molecule has 5 nitrogen and oxygen atoms in total. The summed E-state index contributed by atoms with van der Waals surface area (Å²) < 4.78 is 11.1. The van der Waals surface area contributed by atoms with E-state index in [1.807, 2.05) is 55.5 Å². The summed E-state index contributed by atoms with van der Waals surface area (Å²) in [6.45, 7) is 3.49. The van der Waals surface area contributed by atoms with Gasteiger partial charge in [-0.25, -0.2) is 0 Å². The number of carbonyl (C=O) groups is 1. The minimum atomic E-state index is -0.560. The molecule has 1 aliphatic heterocycles. The van der Waals surface area contributed by atoms with Gasteiger partial charge in [-0.15, -0.1) is 5.10 Å². The highest BCUT2D eigenvalue weighted by atomic mass is 16.5. The molecular weight excluding hydrogens is 292 g/mol. The second-order valence-electron chi connectivity index (χ2n) is 5.38. The quantitative estimate of drug-likeness (QED) is 0.874. The van der Waals surface area contributed by atoms with Gasteiger partial charge in [0.15, 0.2) is 0 Å². The number of amides is 1. The Labute approximate surface area is 135 Å². The Morgan fingerprint density at radius 3 is 2.35 bits per heavy atom. The van der Waals surface area contributed by atoms with Gasteiger partial charge in [0.1, 0.15) is 5.75 Å². The summed E-state index contributed by atoms with van der Waals surface area (Å²) in [6, 6.07) is 15.2. The van der Waals surface area contributed by atoms with Gasteiger partial charge in [-0.2, -0.15) is 5.01 Å². The largest absolute Gasteiger partial charge is 0.497 e. The summed E-state index contributed by atoms with van der Waals surface area (Å²) in [7, 11) is 1.61. The molecule has 0 saturated carbocycles. The molecule has 1 heterocycles. The van der Waals surface area contributed by atoms with Gasteiger partial charge in [0.25, 0.3) is 0 Å². The van der Waals surface area contributed by atoms with Crippen LogP contribution in [0.3, 0.4) is 0 Å². The molecule has 1 amide bonds. The van der Waals surface area contributed by atoms with Crippen LogP contribution in [0.2, 0.25) is 0 Å². The molecule has 23 heavy (non-hydrogen) atoms. The molecule has 0 radical (unpaired) electrons. The molecule has 2 aromatic carbocycles. The first-order valence-corrected chi connectivity index (χ1v) is 7.34. The monoisotopic (exact) mass is 310 g/mol. The third kappa shape index (κ3) is 3.04. The second-order valence-corrected chi connectivity index (χ2v) is 5.38. The molecule has 0 aromatic heterocycles. The third-order valence-corrected chi connectivity index (χ3v) is 3.67. The maximum Gasteiger partial charge on any atom is 0.243 e. The minimum absolute atomic E-state index is 0.173. The number of rotatable bonds is 3. The fraction of sp³-hybridized carbons (Fsp3) is 0.222. The highest BCUT2D eigenvalue weighted by Crippen LogP contribution is 2.31. The van der Waals surface area contributed by atoms with Gasteiger partial charge in [0, 0.05) is 18.1 Å². The number of hydrogen-bond acceptors (Lipinski definition) is 4. The molecule has 1 aliphatic rings. The lowest BCUT2D eigenvalue weighted by molar-refractivity contribution is -0.135. The molecule has 0 unspecified atom stereocenters. The van der Waals surface area contributed by atoms with Crippen LogP contribution in [-0.2, 0) is 9.53 Å². The number of hydrazone groups is 1. The van der Waals surface area contributed by atoms with Crippen LogP contribution in [0.25, 0.3) is 0 Å². The molecule has 0 bridgehead atoms. The Balaban J connectivity index is 1.90. The van der Waals surface area contributed by atoms with E-state index in [9.17, 15) is 4.79 Å². The third-order valence-electron chi connectivity index (χ3n) is 3.67. The fourth-order valence-corrected chi connectivity index (χ4v) is 2.36.